The first kappa shape index (κ1) is 19.3. The van der Waals surface area contributed by atoms with E-state index in [2.05, 4.69) is 35.9 Å². The van der Waals surface area contributed by atoms with E-state index in [9.17, 15) is 13.6 Å². The molecular weight excluding hydrogens is 468 g/mol. The largest absolute Gasteiger partial charge is 0.371 e. The molecule has 1 aliphatic carbocycles. The van der Waals surface area contributed by atoms with Crippen molar-refractivity contribution in [3.8, 4) is 11.4 Å². The van der Waals surface area contributed by atoms with E-state index in [1.54, 1.807) is 29.3 Å². The number of alkyl halides is 2. The van der Waals surface area contributed by atoms with Gasteiger partial charge >= 0.3 is 0 Å². The molecule has 1 amide bonds. The van der Waals surface area contributed by atoms with Crippen LogP contribution in [0.3, 0.4) is 0 Å². The summed E-state index contributed by atoms with van der Waals surface area (Å²) in [6.07, 6.45) is 4.14. The molecule has 12 heteroatoms. The van der Waals surface area contributed by atoms with Crippen LogP contribution in [-0.4, -0.2) is 61.7 Å². The van der Waals surface area contributed by atoms with Gasteiger partial charge in [-0.1, -0.05) is 6.92 Å². The van der Waals surface area contributed by atoms with E-state index in [1.165, 1.54) is 10.7 Å². The van der Waals surface area contributed by atoms with E-state index in [0.717, 1.165) is 6.42 Å². The summed E-state index contributed by atoms with van der Waals surface area (Å²) in [6, 6.07) is 5.01. The second-order valence-electron chi connectivity index (χ2n) is 9.45. The fourth-order valence-electron chi connectivity index (χ4n) is 4.63. The monoisotopic (exact) mass is 496 g/mol. The Hall–Kier alpha value is -3.96. The number of nitrogens with one attached hydrogen (secondary N) is 2. The number of piperidine rings is 1. The van der Waals surface area contributed by atoms with Gasteiger partial charge in [-0.15, -0.1) is 15.3 Å². The van der Waals surface area contributed by atoms with Gasteiger partial charge in [0.25, 0.3) is 5.92 Å². The Morgan fingerprint density at radius 1 is 1.31 bits per heavy atom. The smallest absolute Gasteiger partial charge is 0.265 e. The van der Waals surface area contributed by atoms with E-state index >= 15 is 0 Å². The zero-order chi connectivity index (χ0) is 27.5. The molecule has 186 valence electrons. The van der Waals surface area contributed by atoms with Crippen LogP contribution in [0.5, 0.6) is 0 Å². The van der Waals surface area contributed by atoms with Crippen LogP contribution in [0, 0.1) is 11.8 Å². The minimum atomic E-state index is -2.75. The molecule has 10 nitrogen and oxygen atoms in total. The highest BCUT2D eigenvalue weighted by Crippen LogP contribution is 2.38. The molecule has 2 atom stereocenters. The Morgan fingerprint density at radius 3 is 2.94 bits per heavy atom. The first-order chi connectivity index (χ1) is 18.5. The standard InChI is InChI=1S/C24H25F2N9O/c1-13-8-15(13)23(36)29-18-9-16-17(10-28-22(27-2)20(16)32-31-18)21-30-19-5-4-14(11-35(19)33-21)34-7-3-6-24(25,26)12-34/h4-5,9-11,13,15H,3,6-8,12H2,1-2H3,(H,27,28)(H,29,31,36)/t13-,15+/m1/s1/i2D3. The van der Waals surface area contributed by atoms with Crippen LogP contribution in [0.2, 0.25) is 0 Å². The highest BCUT2D eigenvalue weighted by molar-refractivity contribution is 6.01. The molecule has 6 rings (SSSR count). The molecule has 4 aromatic rings. The third kappa shape index (κ3) is 4.06. The summed E-state index contributed by atoms with van der Waals surface area (Å²) in [6.45, 7) is -0.382. The zero-order valence-corrected chi connectivity index (χ0v) is 19.4. The minimum absolute atomic E-state index is 0.00739. The number of nitrogens with zero attached hydrogens (tertiary/aromatic N) is 7. The first-order valence-electron chi connectivity index (χ1n) is 13.2. The van der Waals surface area contributed by atoms with Gasteiger partial charge in [0.2, 0.25) is 5.91 Å². The normalized spacial score (nSPS) is 22.6. The van der Waals surface area contributed by atoms with Crippen LogP contribution in [0.25, 0.3) is 27.9 Å². The topological polar surface area (TPSA) is 113 Å². The number of rotatable bonds is 5. The third-order valence-electron chi connectivity index (χ3n) is 6.76. The van der Waals surface area contributed by atoms with Crippen molar-refractivity contribution in [2.45, 2.75) is 32.1 Å². The van der Waals surface area contributed by atoms with Gasteiger partial charge in [-0.2, -0.15) is 0 Å². The Morgan fingerprint density at radius 2 is 2.17 bits per heavy atom. The lowest BCUT2D eigenvalue weighted by atomic mass is 10.1. The van der Waals surface area contributed by atoms with E-state index in [0.29, 0.717) is 41.2 Å². The molecule has 0 bridgehead atoms. The van der Waals surface area contributed by atoms with Gasteiger partial charge < -0.3 is 15.5 Å². The number of halogens is 2. The maximum Gasteiger partial charge on any atom is 0.265 e. The summed E-state index contributed by atoms with van der Waals surface area (Å²) < 4.78 is 52.2. The molecule has 1 saturated carbocycles. The molecule has 1 saturated heterocycles. The predicted molar refractivity (Wildman–Crippen MR) is 131 cm³/mol. The number of amides is 1. The number of anilines is 3. The molecule has 1 aliphatic heterocycles. The van der Waals surface area contributed by atoms with Crippen molar-refractivity contribution in [2.24, 2.45) is 11.8 Å². The van der Waals surface area contributed by atoms with E-state index in [1.807, 2.05) is 6.92 Å². The molecule has 2 N–H and O–H groups in total. The maximum atomic E-state index is 14.0. The number of hydrogen-bond donors (Lipinski definition) is 2. The zero-order valence-electron chi connectivity index (χ0n) is 22.4. The third-order valence-corrected chi connectivity index (χ3v) is 6.76. The fraction of sp³-hybridized carbons (Fsp3) is 0.417. The van der Waals surface area contributed by atoms with Crippen LogP contribution < -0.4 is 15.5 Å². The summed E-state index contributed by atoms with van der Waals surface area (Å²) in [5.74, 6) is -2.23. The van der Waals surface area contributed by atoms with Crippen LogP contribution in [-0.2, 0) is 4.79 Å². The Labute approximate surface area is 209 Å². The van der Waals surface area contributed by atoms with E-state index < -0.39 is 12.9 Å². The number of hydrogen-bond acceptors (Lipinski definition) is 8. The molecule has 0 unspecified atom stereocenters. The SMILES string of the molecule is [2H]C([2H])([2H])Nc1ncc(-c2nc3ccc(N4CCCC(F)(F)C4)cn3n2)c2cc(NC(=O)[C@H]3C[C@H]3C)nnc12. The van der Waals surface area contributed by atoms with Crippen LogP contribution in [0.1, 0.15) is 30.3 Å². The molecule has 2 fully saturated rings. The van der Waals surface area contributed by atoms with Crippen molar-refractivity contribution in [1.82, 2.24) is 29.8 Å². The number of carbonyl (C=O) groups is 1. The molecule has 5 heterocycles. The highest BCUT2D eigenvalue weighted by atomic mass is 19.3. The fourth-order valence-corrected chi connectivity index (χ4v) is 4.63. The lowest BCUT2D eigenvalue weighted by Crippen LogP contribution is -2.42. The van der Waals surface area contributed by atoms with Gasteiger partial charge in [-0.3, -0.25) is 4.79 Å². The quantitative estimate of drug-likeness (QED) is 0.431. The summed E-state index contributed by atoms with van der Waals surface area (Å²) in [7, 11) is 0. The van der Waals surface area contributed by atoms with Crippen molar-refractivity contribution in [2.75, 3.05) is 35.6 Å². The number of aromatic nitrogens is 6. The first-order valence-corrected chi connectivity index (χ1v) is 11.7. The molecule has 2 aliphatic rings. The maximum absolute atomic E-state index is 14.0. The lowest BCUT2D eigenvalue weighted by molar-refractivity contribution is -0.117. The van der Waals surface area contributed by atoms with Crippen LogP contribution >= 0.6 is 0 Å². The molecular formula is C24H25F2N9O. The number of carbonyl (C=O) groups excluding carboxylic acids is 1. The summed E-state index contributed by atoms with van der Waals surface area (Å²) >= 11 is 0. The van der Waals surface area contributed by atoms with Gasteiger partial charge in [0.05, 0.1) is 18.4 Å². The van der Waals surface area contributed by atoms with Gasteiger partial charge in [0.15, 0.2) is 23.1 Å². The molecule has 0 spiro atoms. The second kappa shape index (κ2) is 8.32. The van der Waals surface area contributed by atoms with Gasteiger partial charge in [-0.05, 0) is 37.0 Å². The molecule has 4 aromatic heterocycles. The van der Waals surface area contributed by atoms with Crippen molar-refractivity contribution in [1.29, 1.82) is 0 Å². The highest BCUT2D eigenvalue weighted by Gasteiger charge is 2.39. The van der Waals surface area contributed by atoms with Crippen LogP contribution in [0.4, 0.5) is 26.1 Å². The van der Waals surface area contributed by atoms with Crippen molar-refractivity contribution >= 4 is 39.8 Å². The van der Waals surface area contributed by atoms with Gasteiger partial charge in [0.1, 0.15) is 5.52 Å². The van der Waals surface area contributed by atoms with Crippen molar-refractivity contribution in [3.05, 3.63) is 30.6 Å². The molecule has 0 aromatic carbocycles. The Balaban J connectivity index is 1.40. The Kier molecular flexibility index (Phi) is 4.45. The van der Waals surface area contributed by atoms with E-state index in [-0.39, 0.29) is 47.8 Å². The summed E-state index contributed by atoms with van der Waals surface area (Å²) in [5.41, 5.74) is 1.68. The van der Waals surface area contributed by atoms with Gasteiger partial charge in [0, 0.05) is 47.1 Å². The van der Waals surface area contributed by atoms with Crippen molar-refractivity contribution in [3.63, 3.8) is 0 Å². The number of pyridine rings is 2. The predicted octanol–water partition coefficient (Wildman–Crippen LogP) is 3.61. The minimum Gasteiger partial charge on any atom is -0.371 e. The van der Waals surface area contributed by atoms with Crippen LogP contribution in [0.15, 0.2) is 30.6 Å². The summed E-state index contributed by atoms with van der Waals surface area (Å²) in [5, 5.41) is 18.3. The van der Waals surface area contributed by atoms with E-state index in [4.69, 9.17) is 4.11 Å². The number of fused-ring (bicyclic) bond motifs is 2. The van der Waals surface area contributed by atoms with Crippen molar-refractivity contribution < 1.29 is 17.7 Å². The average molecular weight is 497 g/mol. The summed E-state index contributed by atoms with van der Waals surface area (Å²) in [4.78, 5) is 22.9. The van der Waals surface area contributed by atoms with Gasteiger partial charge in [-0.25, -0.2) is 23.3 Å². The average Bonchev–Trinajstić information content (AvgIpc) is 3.45. The second-order valence-corrected chi connectivity index (χ2v) is 9.45. The molecule has 36 heavy (non-hydrogen) atoms. The molecule has 0 radical (unpaired) electrons. The Bertz CT molecular complexity index is 1590. The lowest BCUT2D eigenvalue weighted by Gasteiger charge is -2.33.